The third-order valence-electron chi connectivity index (χ3n) is 6.87. The Hall–Kier alpha value is -2.65. The molecule has 0 saturated carbocycles. The number of methoxy groups -OCH3 is 1. The molecule has 2 unspecified atom stereocenters. The molecule has 0 bridgehead atoms. The lowest BCUT2D eigenvalue weighted by Gasteiger charge is -2.48. The first kappa shape index (κ1) is 22.5. The maximum Gasteiger partial charge on any atom is 0.295 e. The molecule has 8 nitrogen and oxygen atoms in total. The number of ether oxygens (including phenoxy) is 1. The van der Waals surface area contributed by atoms with Gasteiger partial charge in [0.05, 0.1) is 37.6 Å². The molecule has 0 aromatic heterocycles. The minimum Gasteiger partial charge on any atom is -0.496 e. The molecule has 2 aromatic carbocycles. The summed E-state index contributed by atoms with van der Waals surface area (Å²) in [4.78, 5) is 27.0. The van der Waals surface area contributed by atoms with E-state index in [9.17, 15) is 19.8 Å². The molecule has 2 aliphatic heterocycles. The number of carbonyl (C=O) groups is 2. The first-order valence-corrected chi connectivity index (χ1v) is 10.8. The number of hydrogen-bond acceptors (Lipinski definition) is 5. The number of fused-ring (bicyclic) bond motifs is 1. The summed E-state index contributed by atoms with van der Waals surface area (Å²) in [6.07, 6.45) is -0.592. The van der Waals surface area contributed by atoms with Crippen molar-refractivity contribution in [2.45, 2.75) is 30.7 Å². The van der Waals surface area contributed by atoms with Crippen molar-refractivity contribution in [1.29, 1.82) is 0 Å². The van der Waals surface area contributed by atoms with Crippen LogP contribution in [0, 0.1) is 0 Å². The molecule has 2 aromatic rings. The Kier molecular flexibility index (Phi) is 5.67. The first-order chi connectivity index (χ1) is 15.2. The van der Waals surface area contributed by atoms with Crippen LogP contribution >= 0.6 is 11.6 Å². The number of carbonyl (C=O) groups excluding carboxylic acids is 2. The number of amides is 2. The molecule has 1 saturated heterocycles. The lowest BCUT2D eigenvalue weighted by atomic mass is 9.78. The molecule has 9 heteroatoms. The van der Waals surface area contributed by atoms with Gasteiger partial charge in [0.2, 0.25) is 5.54 Å². The third kappa shape index (κ3) is 3.02. The number of halogens is 1. The van der Waals surface area contributed by atoms with E-state index in [1.54, 1.807) is 43.4 Å². The fourth-order valence-corrected chi connectivity index (χ4v) is 5.65. The SMILES string of the molecule is CNC(=O)[C@@H]1C[C@@H](O)C[N+]1(C)C1(c2cc(CO)ccc2OC)C(=O)Nc2ccc(Cl)cc21. The van der Waals surface area contributed by atoms with Gasteiger partial charge in [0.15, 0.2) is 6.04 Å². The molecule has 4 rings (SSSR count). The normalized spacial score (nSPS) is 28.9. The van der Waals surface area contributed by atoms with Crippen LogP contribution in [0.4, 0.5) is 5.69 Å². The Morgan fingerprint density at radius 1 is 1.31 bits per heavy atom. The van der Waals surface area contributed by atoms with E-state index in [-0.39, 0.29) is 35.9 Å². The van der Waals surface area contributed by atoms with Crippen LogP contribution in [-0.4, -0.2) is 66.4 Å². The number of aliphatic hydroxyl groups is 2. The second kappa shape index (κ2) is 8.04. The van der Waals surface area contributed by atoms with E-state index < -0.39 is 17.7 Å². The van der Waals surface area contributed by atoms with Gasteiger partial charge in [0.25, 0.3) is 11.8 Å². The second-order valence-electron chi connectivity index (χ2n) is 8.52. The maximum atomic E-state index is 14.0. The van der Waals surface area contributed by atoms with Crippen molar-refractivity contribution in [1.82, 2.24) is 5.32 Å². The van der Waals surface area contributed by atoms with Crippen LogP contribution in [0.5, 0.6) is 5.75 Å². The van der Waals surface area contributed by atoms with Crippen LogP contribution in [0.25, 0.3) is 0 Å². The number of anilines is 1. The van der Waals surface area contributed by atoms with Crippen LogP contribution < -0.4 is 15.4 Å². The highest BCUT2D eigenvalue weighted by Crippen LogP contribution is 2.55. The van der Waals surface area contributed by atoms with Gasteiger partial charge in [0.1, 0.15) is 18.4 Å². The van der Waals surface area contributed by atoms with Crippen LogP contribution in [0.15, 0.2) is 36.4 Å². The number of likely N-dealkylation sites (N-methyl/N-ethyl adjacent to an activating group) is 2. The fourth-order valence-electron chi connectivity index (χ4n) is 5.48. The number of quaternary nitrogens is 1. The molecule has 0 spiro atoms. The van der Waals surface area contributed by atoms with Crippen LogP contribution in [0.1, 0.15) is 23.1 Å². The number of nitrogens with zero attached hydrogens (tertiary/aromatic N) is 1. The summed E-state index contributed by atoms with van der Waals surface area (Å²) in [7, 11) is 4.85. The van der Waals surface area contributed by atoms with Crippen molar-refractivity contribution >= 4 is 29.1 Å². The van der Waals surface area contributed by atoms with Crippen molar-refractivity contribution in [2.24, 2.45) is 0 Å². The van der Waals surface area contributed by atoms with Gasteiger partial charge in [-0.3, -0.25) is 14.1 Å². The van der Waals surface area contributed by atoms with Gasteiger partial charge in [-0.1, -0.05) is 17.7 Å². The molecule has 4 N–H and O–H groups in total. The van der Waals surface area contributed by atoms with E-state index in [4.69, 9.17) is 16.3 Å². The maximum absolute atomic E-state index is 14.0. The number of rotatable bonds is 5. The molecule has 0 radical (unpaired) electrons. The van der Waals surface area contributed by atoms with Gasteiger partial charge >= 0.3 is 0 Å². The number of benzene rings is 2. The Labute approximate surface area is 191 Å². The molecule has 2 aliphatic rings. The topological polar surface area (TPSA) is 108 Å². The van der Waals surface area contributed by atoms with Crippen molar-refractivity contribution < 1.29 is 29.0 Å². The number of aliphatic hydroxyl groups excluding tert-OH is 2. The number of likely N-dealkylation sites (tertiary alicyclic amines) is 1. The molecule has 2 amide bonds. The summed E-state index contributed by atoms with van der Waals surface area (Å²) in [5, 5.41) is 26.6. The molecule has 170 valence electrons. The lowest BCUT2D eigenvalue weighted by Crippen LogP contribution is -2.68. The standard InChI is InChI=1S/C23H26ClN3O5/c1-25-21(30)19-10-15(29)11-27(19,2)23(17-8-13(12-28)4-7-20(17)32-3)16-9-14(24)5-6-18(16)26-22(23)31/h4-9,15,19,28-29H,10-12H2,1-3H3,(H-,25,26,30,31)/p+1/t15-,19+,23?,27?/m1/s1. The predicted molar refractivity (Wildman–Crippen MR) is 119 cm³/mol. The third-order valence-corrected chi connectivity index (χ3v) is 7.11. The van der Waals surface area contributed by atoms with E-state index >= 15 is 0 Å². The van der Waals surface area contributed by atoms with Crippen molar-refractivity contribution in [3.63, 3.8) is 0 Å². The summed E-state index contributed by atoms with van der Waals surface area (Å²) < 4.78 is 5.55. The quantitative estimate of drug-likeness (QED) is 0.504. The summed E-state index contributed by atoms with van der Waals surface area (Å²) in [5.74, 6) is -0.195. The summed E-state index contributed by atoms with van der Waals surface area (Å²) in [5.41, 5.74) is 0.800. The zero-order chi connectivity index (χ0) is 23.3. The molecule has 1 fully saturated rings. The second-order valence-corrected chi connectivity index (χ2v) is 8.95. The largest absolute Gasteiger partial charge is 0.496 e. The molecule has 32 heavy (non-hydrogen) atoms. The molecule has 4 atom stereocenters. The Balaban J connectivity index is 2.13. The van der Waals surface area contributed by atoms with E-state index in [1.165, 1.54) is 14.2 Å². The Bertz CT molecular complexity index is 1090. The minimum atomic E-state index is -1.45. The van der Waals surface area contributed by atoms with Crippen LogP contribution in [0.2, 0.25) is 5.02 Å². The Morgan fingerprint density at radius 3 is 2.72 bits per heavy atom. The first-order valence-electron chi connectivity index (χ1n) is 10.4. The zero-order valence-electron chi connectivity index (χ0n) is 18.2. The average molecular weight is 461 g/mol. The van der Waals surface area contributed by atoms with Crippen LogP contribution in [0.3, 0.4) is 0 Å². The van der Waals surface area contributed by atoms with Gasteiger partial charge < -0.3 is 25.6 Å². The molecular weight excluding hydrogens is 434 g/mol. The highest BCUT2D eigenvalue weighted by atomic mass is 35.5. The predicted octanol–water partition coefficient (Wildman–Crippen LogP) is 1.36. The molecular formula is C23H27ClN3O5+. The van der Waals surface area contributed by atoms with Crippen LogP contribution in [-0.2, 0) is 21.7 Å². The van der Waals surface area contributed by atoms with E-state index in [1.807, 2.05) is 0 Å². The smallest absolute Gasteiger partial charge is 0.295 e. The van der Waals surface area contributed by atoms with Crippen molar-refractivity contribution in [3.05, 3.63) is 58.1 Å². The molecule has 0 aliphatic carbocycles. The number of hydrogen-bond donors (Lipinski definition) is 4. The monoisotopic (exact) mass is 460 g/mol. The molecule has 2 heterocycles. The summed E-state index contributed by atoms with van der Waals surface area (Å²) in [6.45, 7) is -0.0771. The summed E-state index contributed by atoms with van der Waals surface area (Å²) >= 11 is 6.38. The van der Waals surface area contributed by atoms with Gasteiger partial charge in [-0.25, -0.2) is 0 Å². The average Bonchev–Trinajstić information content (AvgIpc) is 3.25. The van der Waals surface area contributed by atoms with Gasteiger partial charge in [0, 0.05) is 18.5 Å². The highest BCUT2D eigenvalue weighted by molar-refractivity contribution is 6.31. The lowest BCUT2D eigenvalue weighted by molar-refractivity contribution is -0.953. The van der Waals surface area contributed by atoms with Gasteiger partial charge in [-0.05, 0) is 35.9 Å². The Morgan fingerprint density at radius 2 is 2.06 bits per heavy atom. The highest BCUT2D eigenvalue weighted by Gasteiger charge is 2.68. The van der Waals surface area contributed by atoms with Gasteiger partial charge in [-0.15, -0.1) is 0 Å². The minimum absolute atomic E-state index is 0.113. The number of nitrogens with one attached hydrogen (secondary N) is 2. The summed E-state index contributed by atoms with van der Waals surface area (Å²) in [6, 6.07) is 9.56. The van der Waals surface area contributed by atoms with E-state index in [2.05, 4.69) is 10.6 Å². The van der Waals surface area contributed by atoms with E-state index in [0.717, 1.165) is 0 Å². The van der Waals surface area contributed by atoms with Crippen molar-refractivity contribution in [2.75, 3.05) is 33.1 Å². The van der Waals surface area contributed by atoms with E-state index in [0.29, 0.717) is 33.1 Å². The fraction of sp³-hybridized carbons (Fsp3) is 0.391. The van der Waals surface area contributed by atoms with Gasteiger partial charge in [-0.2, -0.15) is 0 Å². The van der Waals surface area contributed by atoms with Crippen molar-refractivity contribution in [3.8, 4) is 5.75 Å². The zero-order valence-corrected chi connectivity index (χ0v) is 18.9.